The molecule has 0 atom stereocenters. The Morgan fingerprint density at radius 3 is 1.28 bits per heavy atom. The third-order valence-electron chi connectivity index (χ3n) is 6.64. The van der Waals surface area contributed by atoms with Crippen LogP contribution in [-0.2, 0) is 19.6 Å². The van der Waals surface area contributed by atoms with Crippen LogP contribution >= 0.6 is 0 Å². The molecule has 0 aliphatic heterocycles. The first kappa shape index (κ1) is 22.9. The Hall–Kier alpha value is -0.160. The van der Waals surface area contributed by atoms with Crippen LogP contribution in [0.3, 0.4) is 0 Å². The highest BCUT2D eigenvalue weighted by molar-refractivity contribution is 4.80. The normalized spacial score (nSPS) is 19.3. The lowest BCUT2D eigenvalue weighted by molar-refractivity contribution is -0.553. The van der Waals surface area contributed by atoms with Gasteiger partial charge in [0.15, 0.2) is 0 Å². The van der Waals surface area contributed by atoms with E-state index in [1.54, 1.807) is 0 Å². The molecule has 1 saturated carbocycles. The molecule has 4 nitrogen and oxygen atoms in total. The Balaban J connectivity index is 2.84. The van der Waals surface area contributed by atoms with Gasteiger partial charge in [-0.05, 0) is 57.3 Å². The smallest absolute Gasteiger partial charge is 0.227 e. The average Bonchev–Trinajstić information content (AvgIpc) is 2.67. The maximum absolute atomic E-state index is 6.04. The second-order valence-electron chi connectivity index (χ2n) is 7.91. The molecule has 0 bridgehead atoms. The monoisotopic (exact) mass is 358 g/mol. The SMILES string of the molecule is CCC(CC)(CC)OOC1(OOC(CC)(CC)CC)CCC(C)CC1. The summed E-state index contributed by atoms with van der Waals surface area (Å²) in [6, 6.07) is 0. The first-order valence-electron chi connectivity index (χ1n) is 10.6. The van der Waals surface area contributed by atoms with Crippen LogP contribution in [-0.4, -0.2) is 17.0 Å². The van der Waals surface area contributed by atoms with Crippen LogP contribution in [0.2, 0.25) is 0 Å². The molecular formula is C21H42O4. The second-order valence-corrected chi connectivity index (χ2v) is 7.91. The predicted molar refractivity (Wildman–Crippen MR) is 102 cm³/mol. The zero-order chi connectivity index (χ0) is 19.0. The van der Waals surface area contributed by atoms with Crippen molar-refractivity contribution in [2.45, 2.75) is 130 Å². The summed E-state index contributed by atoms with van der Waals surface area (Å²) < 4.78 is 0. The molecule has 0 spiro atoms. The molecule has 1 aliphatic carbocycles. The van der Waals surface area contributed by atoms with Crippen molar-refractivity contribution in [1.29, 1.82) is 0 Å². The van der Waals surface area contributed by atoms with Gasteiger partial charge in [-0.15, -0.1) is 0 Å². The Morgan fingerprint density at radius 2 is 1.00 bits per heavy atom. The van der Waals surface area contributed by atoms with Gasteiger partial charge >= 0.3 is 0 Å². The minimum absolute atomic E-state index is 0.239. The third-order valence-corrected chi connectivity index (χ3v) is 6.64. The lowest BCUT2D eigenvalue weighted by Gasteiger charge is -2.41. The Labute approximate surface area is 155 Å². The van der Waals surface area contributed by atoms with E-state index < -0.39 is 5.79 Å². The van der Waals surface area contributed by atoms with E-state index in [0.29, 0.717) is 5.92 Å². The minimum Gasteiger partial charge on any atom is -0.227 e. The largest absolute Gasteiger partial charge is 0.234 e. The summed E-state index contributed by atoms with van der Waals surface area (Å²) in [5.74, 6) is -0.0796. The standard InChI is InChI=1S/C21H42O4/c1-8-19(9-2,10-3)22-24-21(16-14-18(7)15-17-21)25-23-20(11-4,12-5)13-6/h18H,8-17H2,1-7H3. The van der Waals surface area contributed by atoms with Crippen LogP contribution < -0.4 is 0 Å². The van der Waals surface area contributed by atoms with Gasteiger partial charge in [-0.1, -0.05) is 48.5 Å². The molecule has 0 amide bonds. The summed E-state index contributed by atoms with van der Waals surface area (Å²) in [6.07, 6.45) is 9.33. The Morgan fingerprint density at radius 1 is 0.680 bits per heavy atom. The Bertz CT molecular complexity index is 310. The van der Waals surface area contributed by atoms with Crippen molar-refractivity contribution in [2.75, 3.05) is 0 Å². The van der Waals surface area contributed by atoms with Gasteiger partial charge in [-0.2, -0.15) is 9.78 Å². The molecule has 4 heteroatoms. The summed E-state index contributed by atoms with van der Waals surface area (Å²) in [5.41, 5.74) is -0.479. The highest BCUT2D eigenvalue weighted by Gasteiger charge is 2.43. The quantitative estimate of drug-likeness (QED) is 0.220. The Kier molecular flexibility index (Phi) is 9.38. The van der Waals surface area contributed by atoms with E-state index in [9.17, 15) is 0 Å². The van der Waals surface area contributed by atoms with Crippen molar-refractivity contribution in [2.24, 2.45) is 5.92 Å². The van der Waals surface area contributed by atoms with E-state index in [-0.39, 0.29) is 11.2 Å². The van der Waals surface area contributed by atoms with Crippen molar-refractivity contribution in [3.63, 3.8) is 0 Å². The fourth-order valence-electron chi connectivity index (χ4n) is 3.56. The zero-order valence-electron chi connectivity index (χ0n) is 17.8. The van der Waals surface area contributed by atoms with Crippen molar-refractivity contribution in [3.8, 4) is 0 Å². The molecular weight excluding hydrogens is 316 g/mol. The molecule has 0 aromatic carbocycles. The van der Waals surface area contributed by atoms with Crippen LogP contribution in [0, 0.1) is 5.92 Å². The van der Waals surface area contributed by atoms with Gasteiger partial charge < -0.3 is 0 Å². The average molecular weight is 359 g/mol. The van der Waals surface area contributed by atoms with Crippen LogP contribution in [0.25, 0.3) is 0 Å². The van der Waals surface area contributed by atoms with Gasteiger partial charge in [-0.3, -0.25) is 0 Å². The molecule has 0 unspecified atom stereocenters. The summed E-state index contributed by atoms with van der Waals surface area (Å²) >= 11 is 0. The number of hydrogen-bond donors (Lipinski definition) is 0. The van der Waals surface area contributed by atoms with Crippen molar-refractivity contribution in [3.05, 3.63) is 0 Å². The lowest BCUT2D eigenvalue weighted by Crippen LogP contribution is -2.46. The van der Waals surface area contributed by atoms with Gasteiger partial charge in [0.2, 0.25) is 5.79 Å². The van der Waals surface area contributed by atoms with Gasteiger partial charge in [0.25, 0.3) is 0 Å². The van der Waals surface area contributed by atoms with Crippen molar-refractivity contribution in [1.82, 2.24) is 0 Å². The maximum atomic E-state index is 6.04. The molecule has 0 aromatic heterocycles. The summed E-state index contributed by atoms with van der Waals surface area (Å²) in [6.45, 7) is 15.2. The van der Waals surface area contributed by atoms with Crippen molar-refractivity contribution >= 4 is 0 Å². The van der Waals surface area contributed by atoms with Gasteiger partial charge in [-0.25, -0.2) is 9.78 Å². The van der Waals surface area contributed by atoms with Gasteiger partial charge in [0.1, 0.15) is 11.2 Å². The lowest BCUT2D eigenvalue weighted by atomic mass is 9.86. The van der Waals surface area contributed by atoms with E-state index in [2.05, 4.69) is 48.5 Å². The summed E-state index contributed by atoms with van der Waals surface area (Å²) in [4.78, 5) is 24.1. The van der Waals surface area contributed by atoms with Crippen LogP contribution in [0.1, 0.15) is 113 Å². The van der Waals surface area contributed by atoms with Gasteiger partial charge in [0.05, 0.1) is 0 Å². The molecule has 25 heavy (non-hydrogen) atoms. The minimum atomic E-state index is -0.776. The molecule has 0 aromatic rings. The van der Waals surface area contributed by atoms with E-state index in [0.717, 1.165) is 64.2 Å². The second kappa shape index (κ2) is 10.2. The molecule has 1 aliphatic rings. The first-order valence-corrected chi connectivity index (χ1v) is 10.6. The molecule has 0 saturated heterocycles. The van der Waals surface area contributed by atoms with Crippen LogP contribution in [0.5, 0.6) is 0 Å². The molecule has 0 heterocycles. The van der Waals surface area contributed by atoms with Crippen LogP contribution in [0.15, 0.2) is 0 Å². The fourth-order valence-corrected chi connectivity index (χ4v) is 3.56. The van der Waals surface area contributed by atoms with E-state index in [1.165, 1.54) is 0 Å². The summed E-state index contributed by atoms with van der Waals surface area (Å²) in [7, 11) is 0. The highest BCUT2D eigenvalue weighted by atomic mass is 17.3. The molecule has 1 fully saturated rings. The van der Waals surface area contributed by atoms with Gasteiger partial charge in [0, 0.05) is 12.8 Å². The number of hydrogen-bond acceptors (Lipinski definition) is 4. The first-order chi connectivity index (χ1) is 11.9. The third kappa shape index (κ3) is 5.92. The van der Waals surface area contributed by atoms with E-state index in [1.807, 2.05) is 0 Å². The number of rotatable bonds is 12. The molecule has 150 valence electrons. The fraction of sp³-hybridized carbons (Fsp3) is 1.00. The topological polar surface area (TPSA) is 36.9 Å². The highest BCUT2D eigenvalue weighted by Crippen LogP contribution is 2.40. The van der Waals surface area contributed by atoms with E-state index in [4.69, 9.17) is 19.6 Å². The maximum Gasteiger partial charge on any atom is 0.234 e. The molecule has 0 radical (unpaired) electrons. The zero-order valence-corrected chi connectivity index (χ0v) is 17.8. The predicted octanol–water partition coefficient (Wildman–Crippen LogP) is 6.73. The molecule has 1 rings (SSSR count). The summed E-state index contributed by atoms with van der Waals surface area (Å²) in [5, 5.41) is 0. The van der Waals surface area contributed by atoms with Crippen molar-refractivity contribution < 1.29 is 19.6 Å². The molecule has 0 N–H and O–H groups in total. The van der Waals surface area contributed by atoms with Crippen LogP contribution in [0.4, 0.5) is 0 Å². The van der Waals surface area contributed by atoms with E-state index >= 15 is 0 Å².